The molecule has 14 heteroatoms. The summed E-state index contributed by atoms with van der Waals surface area (Å²) in [6.07, 6.45) is 3.22. The van der Waals surface area contributed by atoms with Crippen LogP contribution in [0.3, 0.4) is 0 Å². The molecule has 2 aliphatic rings. The standard InChI is InChI=1S/C24H25N5O4.C15H22N2O3/c1-25-23(30)22-14-20(11-13-27-22)32-18-6-2-16(3-7-18)28-24(31)29-17-4-8-19(9-5-17)33-21-10-12-26-15-21;1-15(2,3)20-14(18)17-9-8-13(10-17)19-12-6-4-11(16)5-7-12/h2-9,11,13-14,21,26H,10,12,15H2,1H3,(H,25,30)(H2,28,29,31);4-7,13H,8-10,16H2,1-3H3. The maximum absolute atomic E-state index is 12.3. The molecular formula is C39H47N7O7. The van der Waals surface area contributed by atoms with E-state index in [2.05, 4.69) is 26.3 Å². The van der Waals surface area contributed by atoms with Crippen LogP contribution < -0.4 is 41.2 Å². The van der Waals surface area contributed by atoms with Gasteiger partial charge >= 0.3 is 12.1 Å². The summed E-state index contributed by atoms with van der Waals surface area (Å²) >= 11 is 0. The number of urea groups is 1. The minimum Gasteiger partial charge on any atom is -0.489 e. The van der Waals surface area contributed by atoms with E-state index < -0.39 is 5.60 Å². The lowest BCUT2D eigenvalue weighted by molar-refractivity contribution is 0.0275. The number of hydrogen-bond acceptors (Lipinski definition) is 10. The van der Waals surface area contributed by atoms with Crippen molar-refractivity contribution < 1.29 is 33.3 Å². The molecule has 0 bridgehead atoms. The van der Waals surface area contributed by atoms with Crippen LogP contribution in [0.2, 0.25) is 0 Å². The molecule has 3 heterocycles. The van der Waals surface area contributed by atoms with Gasteiger partial charge in [-0.2, -0.15) is 0 Å². The molecule has 6 N–H and O–H groups in total. The van der Waals surface area contributed by atoms with Crippen molar-refractivity contribution in [3.63, 3.8) is 0 Å². The van der Waals surface area contributed by atoms with Crippen LogP contribution in [0.15, 0.2) is 91.1 Å². The number of benzene rings is 3. The Kier molecular flexibility index (Phi) is 12.9. The Balaban J connectivity index is 0.000000231. The predicted octanol–water partition coefficient (Wildman–Crippen LogP) is 6.28. The van der Waals surface area contributed by atoms with E-state index in [-0.39, 0.29) is 35.9 Å². The van der Waals surface area contributed by atoms with Gasteiger partial charge in [-0.15, -0.1) is 0 Å². The first-order valence-corrected chi connectivity index (χ1v) is 17.4. The van der Waals surface area contributed by atoms with Crippen LogP contribution in [0, 0.1) is 0 Å². The van der Waals surface area contributed by atoms with Crippen molar-refractivity contribution in [3.05, 3.63) is 96.8 Å². The van der Waals surface area contributed by atoms with Gasteiger partial charge < -0.3 is 50.8 Å². The Morgan fingerprint density at radius 2 is 1.42 bits per heavy atom. The lowest BCUT2D eigenvalue weighted by Crippen LogP contribution is -2.36. The lowest BCUT2D eigenvalue weighted by Gasteiger charge is -2.24. The maximum atomic E-state index is 12.3. The fourth-order valence-corrected chi connectivity index (χ4v) is 5.36. The number of pyridine rings is 1. The van der Waals surface area contributed by atoms with E-state index in [1.807, 2.05) is 45.0 Å². The van der Waals surface area contributed by atoms with Gasteiger partial charge in [0.2, 0.25) is 0 Å². The Hall–Kier alpha value is -6.02. The average Bonchev–Trinajstić information content (AvgIpc) is 3.83. The number of carbonyl (C=O) groups excluding carboxylic acids is 3. The highest BCUT2D eigenvalue weighted by Gasteiger charge is 2.30. The van der Waals surface area contributed by atoms with Crippen molar-refractivity contribution in [1.82, 2.24) is 20.5 Å². The van der Waals surface area contributed by atoms with E-state index in [1.54, 1.807) is 65.6 Å². The summed E-state index contributed by atoms with van der Waals surface area (Å²) in [4.78, 5) is 41.6. The molecule has 0 aliphatic carbocycles. The third-order valence-corrected chi connectivity index (χ3v) is 7.95. The number of carbonyl (C=O) groups is 3. The molecule has 53 heavy (non-hydrogen) atoms. The summed E-state index contributed by atoms with van der Waals surface area (Å²) in [5.41, 5.74) is 7.40. The minimum atomic E-state index is -0.465. The molecule has 3 aromatic carbocycles. The van der Waals surface area contributed by atoms with E-state index in [0.29, 0.717) is 41.7 Å². The second-order valence-electron chi connectivity index (χ2n) is 13.4. The highest BCUT2D eigenvalue weighted by atomic mass is 16.6. The quantitative estimate of drug-likeness (QED) is 0.124. The molecular weight excluding hydrogens is 678 g/mol. The number of nitrogen functional groups attached to an aromatic ring is 1. The molecule has 2 unspecified atom stereocenters. The van der Waals surface area contributed by atoms with Gasteiger partial charge in [-0.05, 0) is 113 Å². The van der Waals surface area contributed by atoms with E-state index in [4.69, 9.17) is 24.7 Å². The van der Waals surface area contributed by atoms with Gasteiger partial charge in [-0.25, -0.2) is 9.59 Å². The predicted molar refractivity (Wildman–Crippen MR) is 203 cm³/mol. The Bertz CT molecular complexity index is 1810. The van der Waals surface area contributed by atoms with Crippen LogP contribution in [0.4, 0.5) is 26.7 Å². The van der Waals surface area contributed by atoms with Gasteiger partial charge in [-0.1, -0.05) is 0 Å². The normalized spacial score (nSPS) is 16.4. The SMILES string of the molecule is CC(C)(C)OC(=O)N1CCC(Oc2ccc(N)cc2)C1.CNC(=O)c1cc(Oc2ccc(NC(=O)Nc3ccc(OC4CCNC4)cc3)cc2)ccn1. The molecule has 280 valence electrons. The van der Waals surface area contributed by atoms with E-state index in [1.165, 1.54) is 13.2 Å². The van der Waals surface area contributed by atoms with Crippen LogP contribution in [-0.4, -0.2) is 79.0 Å². The summed E-state index contributed by atoms with van der Waals surface area (Å²) in [5.74, 6) is 2.30. The first kappa shape index (κ1) is 38.2. The molecule has 0 saturated carbocycles. The molecule has 0 radical (unpaired) electrons. The second-order valence-corrected chi connectivity index (χ2v) is 13.4. The molecule has 2 aliphatic heterocycles. The van der Waals surface area contributed by atoms with E-state index in [0.717, 1.165) is 37.4 Å². The smallest absolute Gasteiger partial charge is 0.410 e. The van der Waals surface area contributed by atoms with Crippen molar-refractivity contribution in [2.45, 2.75) is 51.4 Å². The molecule has 0 spiro atoms. The van der Waals surface area contributed by atoms with Gasteiger partial charge in [-0.3, -0.25) is 9.78 Å². The van der Waals surface area contributed by atoms with Gasteiger partial charge in [0.1, 0.15) is 46.5 Å². The third kappa shape index (κ3) is 12.3. The number of nitrogens with one attached hydrogen (secondary N) is 4. The zero-order valence-electron chi connectivity index (χ0n) is 30.4. The van der Waals surface area contributed by atoms with Crippen molar-refractivity contribution in [2.24, 2.45) is 0 Å². The van der Waals surface area contributed by atoms with Crippen LogP contribution in [-0.2, 0) is 4.74 Å². The lowest BCUT2D eigenvalue weighted by atomic mass is 10.2. The zero-order chi connectivity index (χ0) is 37.8. The Morgan fingerprint density at radius 3 is 2.00 bits per heavy atom. The summed E-state index contributed by atoms with van der Waals surface area (Å²) in [7, 11) is 1.54. The topological polar surface area (TPSA) is 178 Å². The minimum absolute atomic E-state index is 0.00569. The second kappa shape index (κ2) is 18.0. The maximum Gasteiger partial charge on any atom is 0.410 e. The van der Waals surface area contributed by atoms with Crippen LogP contribution in [0.25, 0.3) is 0 Å². The average molecular weight is 726 g/mol. The summed E-state index contributed by atoms with van der Waals surface area (Å²) in [5, 5.41) is 11.4. The number of anilines is 3. The van der Waals surface area contributed by atoms with Crippen molar-refractivity contribution in [3.8, 4) is 23.0 Å². The molecule has 4 aromatic rings. The van der Waals surface area contributed by atoms with E-state index in [9.17, 15) is 14.4 Å². The molecule has 2 fully saturated rings. The monoisotopic (exact) mass is 725 g/mol. The van der Waals surface area contributed by atoms with E-state index >= 15 is 0 Å². The largest absolute Gasteiger partial charge is 0.489 e. The van der Waals surface area contributed by atoms with Crippen LogP contribution in [0.1, 0.15) is 44.1 Å². The number of rotatable bonds is 9. The number of ether oxygens (including phenoxy) is 4. The molecule has 2 atom stereocenters. The summed E-state index contributed by atoms with van der Waals surface area (Å²) in [6, 6.07) is 24.3. The van der Waals surface area contributed by atoms with Gasteiger partial charge in [0.15, 0.2) is 0 Å². The number of nitrogens with zero attached hydrogens (tertiary/aromatic N) is 2. The Labute approximate surface area is 309 Å². The zero-order valence-corrected chi connectivity index (χ0v) is 30.4. The number of nitrogens with two attached hydrogens (primary N) is 1. The number of hydrogen-bond donors (Lipinski definition) is 5. The first-order chi connectivity index (χ1) is 25.4. The molecule has 4 amide bonds. The van der Waals surface area contributed by atoms with Crippen molar-refractivity contribution >= 4 is 35.1 Å². The molecule has 6 rings (SSSR count). The van der Waals surface area contributed by atoms with Gasteiger partial charge in [0, 0.05) is 55.9 Å². The van der Waals surface area contributed by atoms with Gasteiger partial charge in [0.25, 0.3) is 5.91 Å². The number of aromatic nitrogens is 1. The molecule has 2 saturated heterocycles. The van der Waals surface area contributed by atoms with Crippen LogP contribution >= 0.6 is 0 Å². The summed E-state index contributed by atoms with van der Waals surface area (Å²) in [6.45, 7) is 8.63. The van der Waals surface area contributed by atoms with Crippen LogP contribution in [0.5, 0.6) is 23.0 Å². The molecule has 1 aromatic heterocycles. The fraction of sp³-hybridized carbons (Fsp3) is 0.333. The molecule has 14 nitrogen and oxygen atoms in total. The fourth-order valence-electron chi connectivity index (χ4n) is 5.36. The van der Waals surface area contributed by atoms with Gasteiger partial charge in [0.05, 0.1) is 6.54 Å². The Morgan fingerprint density at radius 1 is 0.811 bits per heavy atom. The summed E-state index contributed by atoms with van der Waals surface area (Å²) < 4.78 is 22.8. The number of amides is 4. The van der Waals surface area contributed by atoms with Crippen molar-refractivity contribution in [1.29, 1.82) is 0 Å². The highest BCUT2D eigenvalue weighted by Crippen LogP contribution is 2.25. The number of likely N-dealkylation sites (tertiary alicyclic amines) is 1. The first-order valence-electron chi connectivity index (χ1n) is 17.4. The highest BCUT2D eigenvalue weighted by molar-refractivity contribution is 5.99. The van der Waals surface area contributed by atoms with Crippen molar-refractivity contribution in [2.75, 3.05) is 49.6 Å². The third-order valence-electron chi connectivity index (χ3n) is 7.95.